The summed E-state index contributed by atoms with van der Waals surface area (Å²) in [5.41, 5.74) is -1.04. The number of hydrogen-bond donors (Lipinski definition) is 0. The van der Waals surface area contributed by atoms with Crippen LogP contribution in [-0.4, -0.2) is 29.7 Å². The number of likely N-dealkylation sites (tertiary alicyclic amines) is 1. The van der Waals surface area contributed by atoms with Crippen molar-refractivity contribution in [2.75, 3.05) is 13.1 Å². The number of piperidine rings is 1. The summed E-state index contributed by atoms with van der Waals surface area (Å²) in [6, 6.07) is 5.77. The predicted octanol–water partition coefficient (Wildman–Crippen LogP) is 4.61. The first-order valence-electron chi connectivity index (χ1n) is 8.42. The number of halogens is 2. The van der Waals surface area contributed by atoms with E-state index in [1.807, 2.05) is 0 Å². The Morgan fingerprint density at radius 3 is 2.40 bits per heavy atom. The molecule has 1 atom stereocenters. The Morgan fingerprint density at radius 1 is 1.32 bits per heavy atom. The summed E-state index contributed by atoms with van der Waals surface area (Å²) < 4.78 is 32.6. The van der Waals surface area contributed by atoms with Gasteiger partial charge in [0, 0.05) is 25.1 Å². The molecule has 0 saturated carbocycles. The van der Waals surface area contributed by atoms with Gasteiger partial charge in [0.2, 0.25) is 0 Å². The van der Waals surface area contributed by atoms with Crippen molar-refractivity contribution in [1.29, 1.82) is 5.26 Å². The van der Waals surface area contributed by atoms with Gasteiger partial charge in [-0.05, 0) is 45.2 Å². The molecule has 0 N–H and O–H groups in total. The number of carbonyl (C=O) groups excluding carboxylic acids is 1. The first-order chi connectivity index (χ1) is 11.6. The molecule has 1 aromatic carbocycles. The quantitative estimate of drug-likeness (QED) is 0.783. The van der Waals surface area contributed by atoms with Gasteiger partial charge in [-0.3, -0.25) is 0 Å². The minimum Gasteiger partial charge on any atom is -0.444 e. The Labute approximate surface area is 147 Å². The average Bonchev–Trinajstić information content (AvgIpc) is 2.52. The molecule has 0 radical (unpaired) electrons. The SMILES string of the molecule is CC(c1ccc(F)cc1F)C1(C#N)CCN(C(=O)OC(C)(C)C)CC1. The van der Waals surface area contributed by atoms with Gasteiger partial charge in [0.05, 0.1) is 11.5 Å². The summed E-state index contributed by atoms with van der Waals surface area (Å²) in [7, 11) is 0. The molecule has 0 aliphatic carbocycles. The number of benzene rings is 1. The van der Waals surface area contributed by atoms with Crippen molar-refractivity contribution >= 4 is 6.09 Å². The summed E-state index contributed by atoms with van der Waals surface area (Å²) in [5.74, 6) is -1.69. The average molecular weight is 350 g/mol. The van der Waals surface area contributed by atoms with Crippen LogP contribution in [-0.2, 0) is 4.74 Å². The topological polar surface area (TPSA) is 53.3 Å². The molecule has 25 heavy (non-hydrogen) atoms. The van der Waals surface area contributed by atoms with E-state index in [1.165, 1.54) is 12.1 Å². The fraction of sp³-hybridized carbons (Fsp3) is 0.579. The van der Waals surface area contributed by atoms with Gasteiger partial charge in [-0.2, -0.15) is 5.26 Å². The highest BCUT2D eigenvalue weighted by Gasteiger charge is 2.42. The molecule has 6 heteroatoms. The second-order valence-electron chi connectivity index (χ2n) is 7.62. The lowest BCUT2D eigenvalue weighted by Gasteiger charge is -2.41. The van der Waals surface area contributed by atoms with Crippen molar-refractivity contribution < 1.29 is 18.3 Å². The van der Waals surface area contributed by atoms with Gasteiger partial charge < -0.3 is 9.64 Å². The normalized spacial score (nSPS) is 18.4. The van der Waals surface area contributed by atoms with Gasteiger partial charge in [0.1, 0.15) is 17.2 Å². The zero-order valence-electron chi connectivity index (χ0n) is 15.1. The molecule has 1 aromatic rings. The number of ether oxygens (including phenoxy) is 1. The Morgan fingerprint density at radius 2 is 1.92 bits per heavy atom. The third kappa shape index (κ3) is 4.28. The van der Waals surface area contributed by atoms with Crippen molar-refractivity contribution in [2.24, 2.45) is 5.41 Å². The first-order valence-corrected chi connectivity index (χ1v) is 8.42. The molecular weight excluding hydrogens is 326 g/mol. The standard InChI is InChI=1S/C19H24F2N2O2/c1-13(15-6-5-14(20)11-16(15)21)19(12-22)7-9-23(10-8-19)17(24)25-18(2,3)4/h5-6,11,13H,7-10H2,1-4H3. The Hall–Kier alpha value is -2.16. The molecular formula is C19H24F2N2O2. The monoisotopic (exact) mass is 350 g/mol. The largest absolute Gasteiger partial charge is 0.444 e. The lowest BCUT2D eigenvalue weighted by Crippen LogP contribution is -2.46. The molecule has 0 bridgehead atoms. The number of hydrogen-bond acceptors (Lipinski definition) is 3. The summed E-state index contributed by atoms with van der Waals surface area (Å²) in [4.78, 5) is 13.7. The summed E-state index contributed by atoms with van der Waals surface area (Å²) >= 11 is 0. The first kappa shape index (κ1) is 19.2. The van der Waals surface area contributed by atoms with Crippen LogP contribution in [0.25, 0.3) is 0 Å². The Balaban J connectivity index is 2.13. The highest BCUT2D eigenvalue weighted by Crippen LogP contribution is 2.44. The smallest absolute Gasteiger partial charge is 0.410 e. The van der Waals surface area contributed by atoms with E-state index in [4.69, 9.17) is 4.74 Å². The molecule has 136 valence electrons. The number of amides is 1. The Bertz CT molecular complexity index is 684. The maximum atomic E-state index is 14.1. The van der Waals surface area contributed by atoms with Gasteiger partial charge >= 0.3 is 6.09 Å². The van der Waals surface area contributed by atoms with Crippen LogP contribution in [0.3, 0.4) is 0 Å². The minimum atomic E-state index is -0.794. The maximum Gasteiger partial charge on any atom is 0.410 e. The highest BCUT2D eigenvalue weighted by molar-refractivity contribution is 5.68. The lowest BCUT2D eigenvalue weighted by molar-refractivity contribution is 0.0131. The zero-order chi connectivity index (χ0) is 18.8. The Kier molecular flexibility index (Phi) is 5.36. The van der Waals surface area contributed by atoms with Crippen LogP contribution in [0.15, 0.2) is 18.2 Å². The van der Waals surface area contributed by atoms with Crippen LogP contribution in [0.5, 0.6) is 0 Å². The molecule has 0 spiro atoms. The number of rotatable bonds is 2. The molecule has 1 saturated heterocycles. The van der Waals surface area contributed by atoms with E-state index in [-0.39, 0.29) is 0 Å². The predicted molar refractivity (Wildman–Crippen MR) is 89.9 cm³/mol. The maximum absolute atomic E-state index is 14.1. The third-order valence-corrected chi connectivity index (χ3v) is 4.79. The fourth-order valence-electron chi connectivity index (χ4n) is 3.21. The van der Waals surface area contributed by atoms with Crippen LogP contribution < -0.4 is 0 Å². The molecule has 0 aromatic heterocycles. The zero-order valence-corrected chi connectivity index (χ0v) is 15.1. The van der Waals surface area contributed by atoms with E-state index in [9.17, 15) is 18.8 Å². The van der Waals surface area contributed by atoms with Crippen LogP contribution in [0.2, 0.25) is 0 Å². The van der Waals surface area contributed by atoms with Gasteiger partial charge in [-0.1, -0.05) is 13.0 Å². The van der Waals surface area contributed by atoms with E-state index >= 15 is 0 Å². The minimum absolute atomic E-state index is 0.327. The van der Waals surface area contributed by atoms with E-state index in [0.717, 1.165) is 6.07 Å². The molecule has 4 nitrogen and oxygen atoms in total. The summed E-state index contributed by atoms with van der Waals surface area (Å²) in [6.45, 7) is 7.92. The van der Waals surface area contributed by atoms with Crippen molar-refractivity contribution in [2.45, 2.75) is 52.1 Å². The molecule has 1 unspecified atom stereocenters. The van der Waals surface area contributed by atoms with Gasteiger partial charge in [0.15, 0.2) is 0 Å². The highest BCUT2D eigenvalue weighted by atomic mass is 19.1. The van der Waals surface area contributed by atoms with Crippen molar-refractivity contribution in [1.82, 2.24) is 4.90 Å². The van der Waals surface area contributed by atoms with E-state index in [2.05, 4.69) is 6.07 Å². The second kappa shape index (κ2) is 6.99. The van der Waals surface area contributed by atoms with Crippen molar-refractivity contribution in [3.63, 3.8) is 0 Å². The van der Waals surface area contributed by atoms with Crippen LogP contribution in [0, 0.1) is 28.4 Å². The molecule has 1 heterocycles. The lowest BCUT2D eigenvalue weighted by atomic mass is 9.68. The molecule has 1 aliphatic heterocycles. The molecule has 1 amide bonds. The van der Waals surface area contributed by atoms with Gasteiger partial charge in [0.25, 0.3) is 0 Å². The van der Waals surface area contributed by atoms with Crippen LogP contribution >= 0.6 is 0 Å². The summed E-state index contributed by atoms with van der Waals surface area (Å²) in [5, 5.41) is 9.75. The van der Waals surface area contributed by atoms with Gasteiger partial charge in [-0.25, -0.2) is 13.6 Å². The van der Waals surface area contributed by atoms with Crippen LogP contribution in [0.1, 0.15) is 52.0 Å². The molecule has 2 rings (SSSR count). The van der Waals surface area contributed by atoms with Crippen LogP contribution in [0.4, 0.5) is 13.6 Å². The molecule has 1 fully saturated rings. The van der Waals surface area contributed by atoms with E-state index < -0.39 is 34.7 Å². The van der Waals surface area contributed by atoms with E-state index in [0.29, 0.717) is 31.5 Å². The fourth-order valence-corrected chi connectivity index (χ4v) is 3.21. The number of nitrogens with zero attached hydrogens (tertiary/aromatic N) is 2. The second-order valence-corrected chi connectivity index (χ2v) is 7.62. The third-order valence-electron chi connectivity index (χ3n) is 4.79. The number of carbonyl (C=O) groups is 1. The van der Waals surface area contributed by atoms with E-state index in [1.54, 1.807) is 32.6 Å². The number of nitriles is 1. The molecule has 1 aliphatic rings. The van der Waals surface area contributed by atoms with Crippen molar-refractivity contribution in [3.05, 3.63) is 35.4 Å². The van der Waals surface area contributed by atoms with Crippen molar-refractivity contribution in [3.8, 4) is 6.07 Å². The van der Waals surface area contributed by atoms with Gasteiger partial charge in [-0.15, -0.1) is 0 Å². The summed E-state index contributed by atoms with van der Waals surface area (Å²) in [6.07, 6.45) is 0.432.